The topological polar surface area (TPSA) is 0 Å². The van der Waals surface area contributed by atoms with Gasteiger partial charge >= 0.3 is 69.7 Å². The molecule has 0 spiro atoms. The summed E-state index contributed by atoms with van der Waals surface area (Å²) in [6.07, 6.45) is 0. The van der Waals surface area contributed by atoms with E-state index in [2.05, 4.69) is 49.0 Å². The molecule has 1 rings (SSSR count). The van der Waals surface area contributed by atoms with Gasteiger partial charge in [-0.05, 0) is 0 Å². The molecule has 1 aromatic rings. The first-order valence-corrected chi connectivity index (χ1v) is 12.1. The molecule has 0 saturated heterocycles. The van der Waals surface area contributed by atoms with Crippen molar-refractivity contribution in [3.05, 3.63) is 30.3 Å². The molecule has 2 heteroatoms. The van der Waals surface area contributed by atoms with Crippen LogP contribution in [-0.4, -0.2) is 17.2 Å². The summed E-state index contributed by atoms with van der Waals surface area (Å²) in [5, 5.41) is 0. The second kappa shape index (κ2) is 3.71. The first-order chi connectivity index (χ1) is 3.93. The summed E-state index contributed by atoms with van der Waals surface area (Å²) < 4.78 is 1.57. The van der Waals surface area contributed by atoms with Gasteiger partial charge in [0.05, 0.1) is 0 Å². The Balaban J connectivity index is 2.83. The molecule has 0 aliphatic carbocycles. The van der Waals surface area contributed by atoms with Crippen LogP contribution in [0, 0.1) is 0 Å². The third kappa shape index (κ3) is 1.93. The average Bonchev–Trinajstić information content (AvgIpc) is 1.90. The Morgan fingerprint density at radius 2 is 1.75 bits per heavy atom. The van der Waals surface area contributed by atoms with E-state index < -0.39 is 0 Å². The number of rotatable bonds is 1. The molecule has 1 aromatic carbocycles. The third-order valence-corrected chi connectivity index (χ3v) is 6.64. The van der Waals surface area contributed by atoms with Crippen molar-refractivity contribution >= 4 is 39.4 Å². The number of benzene rings is 1. The van der Waals surface area contributed by atoms with Crippen LogP contribution in [0.25, 0.3) is 0 Å². The summed E-state index contributed by atoms with van der Waals surface area (Å²) in [5.74, 6) is 0. The van der Waals surface area contributed by atoms with Crippen molar-refractivity contribution in [1.82, 2.24) is 0 Å². The van der Waals surface area contributed by atoms with Gasteiger partial charge in [-0.3, -0.25) is 0 Å². The van der Waals surface area contributed by atoms with E-state index in [1.807, 2.05) is 0 Å². The van der Waals surface area contributed by atoms with Gasteiger partial charge in [0, 0.05) is 0 Å². The second-order valence-corrected chi connectivity index (χ2v) is 7.27. The van der Waals surface area contributed by atoms with Gasteiger partial charge in [0.1, 0.15) is 0 Å². The van der Waals surface area contributed by atoms with E-state index in [1.165, 1.54) is 0 Å². The van der Waals surface area contributed by atoms with Crippen molar-refractivity contribution in [2.75, 3.05) is 0 Å². The molecule has 0 fully saturated rings. The molecule has 0 bridgehead atoms. The average molecular weight is 323 g/mol. The van der Waals surface area contributed by atoms with Crippen LogP contribution in [0.4, 0.5) is 0 Å². The van der Waals surface area contributed by atoms with E-state index in [4.69, 9.17) is 0 Å². The summed E-state index contributed by atoms with van der Waals surface area (Å²) >= 11 is 2.35. The Morgan fingerprint density at radius 1 is 1.12 bits per heavy atom. The maximum atomic E-state index is 2.52. The quantitative estimate of drug-likeness (QED) is 0.541. The van der Waals surface area contributed by atoms with Gasteiger partial charge in [-0.1, -0.05) is 0 Å². The molecular weight excluding hydrogens is 318 g/mol. The van der Waals surface area contributed by atoms with Gasteiger partial charge < -0.3 is 0 Å². The molecule has 0 N–H and O–H groups in total. The zero-order chi connectivity index (χ0) is 5.82. The second-order valence-electron chi connectivity index (χ2n) is 1.46. The van der Waals surface area contributed by atoms with Crippen LogP contribution in [0.3, 0.4) is 0 Å². The molecule has 0 heterocycles. The van der Waals surface area contributed by atoms with Crippen molar-refractivity contribution in [2.45, 2.75) is 0 Å². The molecule has 0 saturated carbocycles. The molecule has 8 heavy (non-hydrogen) atoms. The van der Waals surface area contributed by atoms with E-state index in [9.17, 15) is 0 Å². The van der Waals surface area contributed by atoms with Gasteiger partial charge in [0.15, 0.2) is 0 Å². The molecule has 0 aliphatic heterocycles. The van der Waals surface area contributed by atoms with E-state index in [1.54, 1.807) is 3.58 Å². The van der Waals surface area contributed by atoms with Crippen LogP contribution in [-0.2, 0) is 0 Å². The third-order valence-electron chi connectivity index (χ3n) is 0.883. The van der Waals surface area contributed by atoms with Gasteiger partial charge in [-0.15, -0.1) is 0 Å². The minimum absolute atomic E-state index is 0.174. The summed E-state index contributed by atoms with van der Waals surface area (Å²) in [4.78, 5) is 0. The minimum atomic E-state index is -0.174. The van der Waals surface area contributed by atoms with Crippen LogP contribution in [0.1, 0.15) is 0 Å². The van der Waals surface area contributed by atoms with Gasteiger partial charge in [0.2, 0.25) is 0 Å². The summed E-state index contributed by atoms with van der Waals surface area (Å²) in [7, 11) is 0. The van der Waals surface area contributed by atoms with Crippen molar-refractivity contribution in [2.24, 2.45) is 0 Å². The van der Waals surface area contributed by atoms with Gasteiger partial charge in [-0.25, -0.2) is 0 Å². The van der Waals surface area contributed by atoms with E-state index >= 15 is 0 Å². The Hall–Kier alpha value is 0.749. The Labute approximate surface area is 69.1 Å². The van der Waals surface area contributed by atoms with Crippen LogP contribution < -0.4 is 3.58 Å². The maximum absolute atomic E-state index is 2.52. The van der Waals surface area contributed by atoms with Crippen molar-refractivity contribution < 1.29 is 0 Å². The predicted molar refractivity (Wildman–Crippen MR) is 45.9 cm³/mol. The van der Waals surface area contributed by atoms with Crippen molar-refractivity contribution in [3.63, 3.8) is 0 Å². The van der Waals surface area contributed by atoms with Crippen LogP contribution in [0.5, 0.6) is 0 Å². The van der Waals surface area contributed by atoms with Crippen LogP contribution in [0.15, 0.2) is 30.3 Å². The molecule has 0 aromatic heterocycles. The molecule has 0 amide bonds. The molecule has 0 radical (unpaired) electrons. The Bertz CT molecular complexity index is 150. The Kier molecular flexibility index (Phi) is 3.19. The number of halogens is 1. The molecule has 0 atom stereocenters. The first-order valence-electron chi connectivity index (χ1n) is 2.35. The standard InChI is InChI=1S/C6H5.HI.Sn/c1-2-4-6-5-3-1;;/h1-5H;1H;/q;;+3/p-1. The van der Waals surface area contributed by atoms with E-state index in [0.29, 0.717) is 0 Å². The normalized spacial score (nSPS) is 8.12. The fourth-order valence-corrected chi connectivity index (χ4v) is 3.82. The number of hydrogen-bond acceptors (Lipinski definition) is 0. The van der Waals surface area contributed by atoms with E-state index in [-0.39, 0.29) is 17.2 Å². The first kappa shape index (κ1) is 6.86. The molecule has 0 nitrogen and oxygen atoms in total. The fourth-order valence-electron chi connectivity index (χ4n) is 0.501. The van der Waals surface area contributed by atoms with Crippen molar-refractivity contribution in [3.8, 4) is 0 Å². The van der Waals surface area contributed by atoms with E-state index in [0.717, 1.165) is 0 Å². The summed E-state index contributed by atoms with van der Waals surface area (Å²) in [6.45, 7) is 0. The van der Waals surface area contributed by atoms with Gasteiger partial charge in [-0.2, -0.15) is 0 Å². The predicted octanol–water partition coefficient (Wildman–Crippen LogP) is 1.37. The van der Waals surface area contributed by atoms with Crippen molar-refractivity contribution in [1.29, 1.82) is 0 Å². The molecular formula is C6H5ISn+2. The fraction of sp³-hybridized carbons (Fsp3) is 0. The van der Waals surface area contributed by atoms with Gasteiger partial charge in [0.25, 0.3) is 0 Å². The Morgan fingerprint density at radius 3 is 2.12 bits per heavy atom. The summed E-state index contributed by atoms with van der Waals surface area (Å²) in [6, 6.07) is 10.7. The monoisotopic (exact) mass is 324 g/mol. The summed E-state index contributed by atoms with van der Waals surface area (Å²) in [5.41, 5.74) is 0. The zero-order valence-electron chi connectivity index (χ0n) is 4.26. The molecule has 0 aliphatic rings. The molecule has 38 valence electrons. The number of hydrogen-bond donors (Lipinski definition) is 0. The molecule has 0 unspecified atom stereocenters. The SMILES string of the molecule is [I][Sn+2][c]1ccccc1. The zero-order valence-corrected chi connectivity index (χ0v) is 9.28. The van der Waals surface area contributed by atoms with Crippen LogP contribution in [0.2, 0.25) is 0 Å². The van der Waals surface area contributed by atoms with Crippen LogP contribution >= 0.6 is 18.6 Å².